The van der Waals surface area contributed by atoms with Crippen molar-refractivity contribution in [3.8, 4) is 0 Å². The second kappa shape index (κ2) is 14.0. The van der Waals surface area contributed by atoms with Crippen molar-refractivity contribution >= 4 is 39.1 Å². The zero-order valence-electron chi connectivity index (χ0n) is 22.7. The summed E-state index contributed by atoms with van der Waals surface area (Å²) in [5.41, 5.74) is 2.22. The summed E-state index contributed by atoms with van der Waals surface area (Å²) < 4.78 is 26.5. The molecule has 9 heteroatoms. The van der Waals surface area contributed by atoms with Crippen molar-refractivity contribution in [2.45, 2.75) is 83.8 Å². The summed E-state index contributed by atoms with van der Waals surface area (Å²) in [7, 11) is -3.54. The van der Waals surface area contributed by atoms with Crippen molar-refractivity contribution < 1.29 is 18.0 Å². The van der Waals surface area contributed by atoms with Gasteiger partial charge in [0.15, 0.2) is 0 Å². The molecule has 2 aromatic rings. The molecule has 1 unspecified atom stereocenters. The number of benzene rings is 2. The molecule has 0 heterocycles. The van der Waals surface area contributed by atoms with Gasteiger partial charge in [-0.15, -0.1) is 0 Å². The fourth-order valence-corrected chi connectivity index (χ4v) is 6.32. The molecule has 1 atom stereocenters. The van der Waals surface area contributed by atoms with Gasteiger partial charge in [-0.1, -0.05) is 74.2 Å². The molecule has 1 N–H and O–H groups in total. The highest BCUT2D eigenvalue weighted by Gasteiger charge is 2.31. The van der Waals surface area contributed by atoms with Crippen LogP contribution in [0.2, 0.25) is 5.02 Å². The van der Waals surface area contributed by atoms with Crippen LogP contribution in [-0.2, 0) is 26.2 Å². The summed E-state index contributed by atoms with van der Waals surface area (Å²) in [6, 6.07) is 14.1. The van der Waals surface area contributed by atoms with E-state index in [1.165, 1.54) is 17.0 Å². The molecule has 1 aliphatic rings. The number of aryl methyl sites for hydroxylation is 1. The molecular weight excluding hydrogens is 522 g/mol. The number of anilines is 1. The van der Waals surface area contributed by atoms with Crippen molar-refractivity contribution in [1.82, 2.24) is 10.2 Å². The molecule has 2 amide bonds. The highest BCUT2D eigenvalue weighted by molar-refractivity contribution is 7.92. The van der Waals surface area contributed by atoms with E-state index in [0.717, 1.165) is 36.8 Å². The molecule has 7 nitrogen and oxygen atoms in total. The van der Waals surface area contributed by atoms with Crippen LogP contribution in [-0.4, -0.2) is 50.0 Å². The van der Waals surface area contributed by atoms with E-state index in [-0.39, 0.29) is 37.4 Å². The fraction of sp³-hybridized carbons (Fsp3) is 0.517. The SMILES string of the molecule is CCC(C(=O)NC1CCCCC1)N(Cc1ccccc1Cl)C(=O)CCCN(c1ccccc1C)S(C)(=O)=O. The summed E-state index contributed by atoms with van der Waals surface area (Å²) in [6.07, 6.45) is 7.37. The number of halogens is 1. The largest absolute Gasteiger partial charge is 0.352 e. The molecule has 0 aliphatic heterocycles. The predicted molar refractivity (Wildman–Crippen MR) is 154 cm³/mol. The molecular formula is C29H40ClN3O4S. The monoisotopic (exact) mass is 561 g/mol. The van der Waals surface area contributed by atoms with Crippen LogP contribution in [0.4, 0.5) is 5.69 Å². The normalized spacial score (nSPS) is 15.1. The van der Waals surface area contributed by atoms with Crippen molar-refractivity contribution in [2.24, 2.45) is 0 Å². The van der Waals surface area contributed by atoms with Crippen LogP contribution in [0.15, 0.2) is 48.5 Å². The molecule has 208 valence electrons. The van der Waals surface area contributed by atoms with Gasteiger partial charge in [0.2, 0.25) is 21.8 Å². The smallest absolute Gasteiger partial charge is 0.243 e. The lowest BCUT2D eigenvalue weighted by atomic mass is 9.95. The number of hydrogen-bond acceptors (Lipinski definition) is 4. The molecule has 0 bridgehead atoms. The van der Waals surface area contributed by atoms with Crippen LogP contribution in [0.5, 0.6) is 0 Å². The molecule has 1 saturated carbocycles. The van der Waals surface area contributed by atoms with E-state index in [0.29, 0.717) is 23.6 Å². The minimum atomic E-state index is -3.54. The van der Waals surface area contributed by atoms with Crippen LogP contribution >= 0.6 is 11.6 Å². The standard InChI is InChI=1S/C29H40ClN3O4S/c1-4-26(29(35)31-24-15-6-5-7-16-24)32(21-23-14-9-10-17-25(23)30)28(34)19-12-20-33(38(3,36)37)27-18-11-8-13-22(27)2/h8-11,13-14,17-18,24,26H,4-7,12,15-16,19-21H2,1-3H3,(H,31,35). The Balaban J connectivity index is 1.77. The Morgan fingerprint density at radius 1 is 1.05 bits per heavy atom. The molecule has 0 saturated heterocycles. The first-order valence-corrected chi connectivity index (χ1v) is 15.7. The van der Waals surface area contributed by atoms with E-state index in [1.807, 2.05) is 44.2 Å². The number of carbonyl (C=O) groups is 2. The number of nitrogens with one attached hydrogen (secondary N) is 1. The van der Waals surface area contributed by atoms with Gasteiger partial charge in [0.1, 0.15) is 6.04 Å². The second-order valence-electron chi connectivity index (χ2n) is 10.1. The van der Waals surface area contributed by atoms with Gasteiger partial charge in [-0.3, -0.25) is 13.9 Å². The molecule has 0 spiro atoms. The Labute approximate surface area is 232 Å². The van der Waals surface area contributed by atoms with Gasteiger partial charge in [0.05, 0.1) is 11.9 Å². The Kier molecular flexibility index (Phi) is 11.0. The van der Waals surface area contributed by atoms with Crippen LogP contribution in [0.1, 0.15) is 69.4 Å². The lowest BCUT2D eigenvalue weighted by Crippen LogP contribution is -2.51. The molecule has 38 heavy (non-hydrogen) atoms. The van der Waals surface area contributed by atoms with Gasteiger partial charge in [-0.05, 0) is 55.9 Å². The van der Waals surface area contributed by atoms with Gasteiger partial charge >= 0.3 is 0 Å². The average Bonchev–Trinajstić information content (AvgIpc) is 2.88. The Morgan fingerprint density at radius 2 is 1.71 bits per heavy atom. The van der Waals surface area contributed by atoms with E-state index < -0.39 is 16.1 Å². The Hall–Kier alpha value is -2.58. The van der Waals surface area contributed by atoms with Crippen LogP contribution < -0.4 is 9.62 Å². The highest BCUT2D eigenvalue weighted by Crippen LogP contribution is 2.24. The van der Waals surface area contributed by atoms with E-state index >= 15 is 0 Å². The van der Waals surface area contributed by atoms with Gasteiger partial charge in [0.25, 0.3) is 0 Å². The number of nitrogens with zero attached hydrogens (tertiary/aromatic N) is 2. The first-order valence-electron chi connectivity index (χ1n) is 13.5. The van der Waals surface area contributed by atoms with Crippen LogP contribution in [0.25, 0.3) is 0 Å². The molecule has 2 aromatic carbocycles. The summed E-state index contributed by atoms with van der Waals surface area (Å²) >= 11 is 6.42. The fourth-order valence-electron chi connectivity index (χ4n) is 5.10. The number of rotatable bonds is 12. The summed E-state index contributed by atoms with van der Waals surface area (Å²) in [6.45, 7) is 4.14. The van der Waals surface area contributed by atoms with Gasteiger partial charge in [0, 0.05) is 30.6 Å². The van der Waals surface area contributed by atoms with E-state index in [4.69, 9.17) is 11.6 Å². The Morgan fingerprint density at radius 3 is 2.34 bits per heavy atom. The maximum Gasteiger partial charge on any atom is 0.243 e. The van der Waals surface area contributed by atoms with Crippen molar-refractivity contribution in [3.05, 3.63) is 64.7 Å². The van der Waals surface area contributed by atoms with E-state index in [9.17, 15) is 18.0 Å². The molecule has 1 fully saturated rings. The average molecular weight is 562 g/mol. The molecule has 0 radical (unpaired) electrons. The third kappa shape index (κ3) is 8.21. The first kappa shape index (κ1) is 30.0. The predicted octanol–water partition coefficient (Wildman–Crippen LogP) is 5.45. The molecule has 1 aliphatic carbocycles. The second-order valence-corrected chi connectivity index (χ2v) is 12.4. The summed E-state index contributed by atoms with van der Waals surface area (Å²) in [5, 5.41) is 3.71. The van der Waals surface area contributed by atoms with E-state index in [2.05, 4.69) is 5.32 Å². The van der Waals surface area contributed by atoms with Gasteiger partial charge in [-0.25, -0.2) is 8.42 Å². The van der Waals surface area contributed by atoms with Gasteiger partial charge in [-0.2, -0.15) is 0 Å². The van der Waals surface area contributed by atoms with Gasteiger partial charge < -0.3 is 10.2 Å². The zero-order chi connectivity index (χ0) is 27.7. The first-order chi connectivity index (χ1) is 18.1. The molecule has 3 rings (SSSR count). The summed E-state index contributed by atoms with van der Waals surface area (Å²) in [4.78, 5) is 28.6. The third-order valence-corrected chi connectivity index (χ3v) is 8.72. The number of carbonyl (C=O) groups excluding carboxylic acids is 2. The van der Waals surface area contributed by atoms with Crippen molar-refractivity contribution in [1.29, 1.82) is 0 Å². The highest BCUT2D eigenvalue weighted by atomic mass is 35.5. The third-order valence-electron chi connectivity index (χ3n) is 7.17. The van der Waals surface area contributed by atoms with Crippen LogP contribution in [0, 0.1) is 6.92 Å². The number of amides is 2. The topological polar surface area (TPSA) is 86.8 Å². The zero-order valence-corrected chi connectivity index (χ0v) is 24.2. The minimum Gasteiger partial charge on any atom is -0.352 e. The summed E-state index contributed by atoms with van der Waals surface area (Å²) in [5.74, 6) is -0.341. The van der Waals surface area contributed by atoms with E-state index in [1.54, 1.807) is 23.1 Å². The number of sulfonamides is 1. The number of para-hydroxylation sites is 1. The van der Waals surface area contributed by atoms with Crippen molar-refractivity contribution in [2.75, 3.05) is 17.1 Å². The maximum absolute atomic E-state index is 13.6. The molecule has 0 aromatic heterocycles. The number of hydrogen-bond donors (Lipinski definition) is 1. The lowest BCUT2D eigenvalue weighted by molar-refractivity contribution is -0.141. The Bertz CT molecular complexity index is 1200. The lowest BCUT2D eigenvalue weighted by Gasteiger charge is -2.33. The minimum absolute atomic E-state index is 0.107. The quantitative estimate of drug-likeness (QED) is 0.373. The van der Waals surface area contributed by atoms with Crippen LogP contribution in [0.3, 0.4) is 0 Å². The van der Waals surface area contributed by atoms with Crippen molar-refractivity contribution in [3.63, 3.8) is 0 Å². The maximum atomic E-state index is 13.6.